The number of sulfone groups is 1. The maximum atomic E-state index is 13.0. The molecule has 1 aliphatic carbocycles. The molecule has 0 spiro atoms. The highest BCUT2D eigenvalue weighted by molar-refractivity contribution is 7.90. The third-order valence-corrected chi connectivity index (χ3v) is 6.55. The number of thiophene rings is 1. The Morgan fingerprint density at radius 3 is 2.79 bits per heavy atom. The van der Waals surface area contributed by atoms with E-state index < -0.39 is 9.84 Å². The summed E-state index contributed by atoms with van der Waals surface area (Å²) in [6.45, 7) is 0.0982. The van der Waals surface area contributed by atoms with Gasteiger partial charge in [-0.05, 0) is 47.6 Å². The third-order valence-electron chi connectivity index (χ3n) is 4.79. The van der Waals surface area contributed by atoms with Crippen LogP contribution in [0.15, 0.2) is 41.8 Å². The zero-order valence-electron chi connectivity index (χ0n) is 15.4. The van der Waals surface area contributed by atoms with Crippen molar-refractivity contribution in [2.45, 2.75) is 12.8 Å². The number of nitrogens with zero attached hydrogens (tertiary/aromatic N) is 1. The lowest BCUT2D eigenvalue weighted by Gasteiger charge is -2.13. The topological polar surface area (TPSA) is 76.1 Å². The molecule has 0 unspecified atom stereocenters. The van der Waals surface area contributed by atoms with Crippen LogP contribution in [0.4, 0.5) is 0 Å². The highest BCUT2D eigenvalue weighted by Crippen LogP contribution is 2.37. The largest absolute Gasteiger partial charge is 0.351 e. The van der Waals surface area contributed by atoms with Gasteiger partial charge in [0.15, 0.2) is 0 Å². The lowest BCUT2D eigenvalue weighted by molar-refractivity contribution is 0.0957. The van der Waals surface area contributed by atoms with Gasteiger partial charge in [0.1, 0.15) is 9.84 Å². The Labute approximate surface area is 168 Å². The summed E-state index contributed by atoms with van der Waals surface area (Å²) in [6, 6.07) is 11.7. The Morgan fingerprint density at radius 1 is 1.21 bits per heavy atom. The molecule has 144 valence electrons. The number of hydrogen-bond acceptors (Lipinski definition) is 5. The Balaban J connectivity index is 1.77. The second kappa shape index (κ2) is 7.48. The second-order valence-corrected chi connectivity index (χ2v) is 10.1. The SMILES string of the molecule is CS(=O)(=O)CCNC(=O)c1c2c(nc3ccccc13)C(=Cc1cccs1)CC2. The quantitative estimate of drug-likeness (QED) is 0.695. The molecule has 1 aliphatic rings. The first kappa shape index (κ1) is 18.8. The van der Waals surface area contributed by atoms with Crippen molar-refractivity contribution in [3.8, 4) is 0 Å². The van der Waals surface area contributed by atoms with Crippen LogP contribution in [0, 0.1) is 0 Å². The number of pyridine rings is 1. The van der Waals surface area contributed by atoms with Gasteiger partial charge >= 0.3 is 0 Å². The van der Waals surface area contributed by atoms with Gasteiger partial charge in [-0.25, -0.2) is 13.4 Å². The van der Waals surface area contributed by atoms with Crippen molar-refractivity contribution < 1.29 is 13.2 Å². The second-order valence-electron chi connectivity index (χ2n) is 6.90. The molecule has 0 saturated heterocycles. The van der Waals surface area contributed by atoms with Crippen molar-refractivity contribution in [2.75, 3.05) is 18.6 Å². The normalized spacial score (nSPS) is 15.1. The molecule has 0 fully saturated rings. The number of carbonyl (C=O) groups excluding carboxylic acids is 1. The fourth-order valence-corrected chi connectivity index (χ4v) is 4.68. The van der Waals surface area contributed by atoms with Crippen molar-refractivity contribution in [3.05, 3.63) is 63.5 Å². The van der Waals surface area contributed by atoms with E-state index in [4.69, 9.17) is 4.98 Å². The summed E-state index contributed by atoms with van der Waals surface area (Å²) < 4.78 is 22.8. The van der Waals surface area contributed by atoms with Gasteiger partial charge < -0.3 is 5.32 Å². The van der Waals surface area contributed by atoms with Crippen LogP contribution < -0.4 is 5.32 Å². The van der Waals surface area contributed by atoms with E-state index in [-0.39, 0.29) is 18.2 Å². The van der Waals surface area contributed by atoms with Crippen molar-refractivity contribution in [1.29, 1.82) is 0 Å². The Hall–Kier alpha value is -2.51. The summed E-state index contributed by atoms with van der Waals surface area (Å²) in [4.78, 5) is 19.0. The van der Waals surface area contributed by atoms with E-state index in [9.17, 15) is 13.2 Å². The minimum absolute atomic E-state index is 0.0759. The summed E-state index contributed by atoms with van der Waals surface area (Å²) in [6.07, 6.45) is 4.89. The molecular weight excluding hydrogens is 392 g/mol. The van der Waals surface area contributed by atoms with Crippen LogP contribution in [0.5, 0.6) is 0 Å². The standard InChI is InChI=1S/C21H20N2O3S2/c1-28(25,26)12-10-22-21(24)19-16-6-2-3-7-18(16)23-20-14(8-9-17(19)20)13-15-5-4-11-27-15/h2-7,11,13H,8-10,12H2,1H3,(H,22,24). The molecule has 4 rings (SSSR count). The van der Waals surface area contributed by atoms with Gasteiger partial charge in [-0.15, -0.1) is 11.3 Å². The predicted octanol–water partition coefficient (Wildman–Crippen LogP) is 3.56. The number of amides is 1. The Morgan fingerprint density at radius 2 is 2.04 bits per heavy atom. The molecule has 28 heavy (non-hydrogen) atoms. The minimum atomic E-state index is -3.13. The average molecular weight is 413 g/mol. The van der Waals surface area contributed by atoms with Crippen molar-refractivity contribution >= 4 is 49.6 Å². The van der Waals surface area contributed by atoms with E-state index in [0.717, 1.165) is 45.5 Å². The average Bonchev–Trinajstić information content (AvgIpc) is 3.29. The molecule has 3 aromatic rings. The fraction of sp³-hybridized carbons (Fsp3) is 0.238. The van der Waals surface area contributed by atoms with E-state index in [1.54, 1.807) is 11.3 Å². The number of fused-ring (bicyclic) bond motifs is 2. The van der Waals surface area contributed by atoms with E-state index in [1.165, 1.54) is 6.26 Å². The summed E-state index contributed by atoms with van der Waals surface area (Å²) in [5.74, 6) is -0.316. The number of rotatable bonds is 5. The van der Waals surface area contributed by atoms with Gasteiger partial charge in [0.2, 0.25) is 0 Å². The van der Waals surface area contributed by atoms with Gasteiger partial charge in [0.25, 0.3) is 5.91 Å². The molecule has 1 amide bonds. The first-order valence-corrected chi connectivity index (χ1v) is 12.0. The fourth-order valence-electron chi connectivity index (χ4n) is 3.52. The number of para-hydroxylation sites is 1. The van der Waals surface area contributed by atoms with Crippen LogP contribution in [-0.2, 0) is 16.3 Å². The maximum Gasteiger partial charge on any atom is 0.252 e. The molecule has 0 bridgehead atoms. The van der Waals surface area contributed by atoms with Crippen molar-refractivity contribution in [2.24, 2.45) is 0 Å². The summed E-state index contributed by atoms with van der Waals surface area (Å²) in [7, 11) is -3.13. The molecule has 0 atom stereocenters. The molecular formula is C21H20N2O3S2. The van der Waals surface area contributed by atoms with E-state index >= 15 is 0 Å². The summed E-state index contributed by atoms with van der Waals surface area (Å²) in [5.41, 5.74) is 4.34. The Kier molecular flexibility index (Phi) is 5.03. The number of nitrogens with one attached hydrogen (secondary N) is 1. The monoisotopic (exact) mass is 412 g/mol. The lowest BCUT2D eigenvalue weighted by Crippen LogP contribution is -2.29. The molecule has 7 heteroatoms. The first-order chi connectivity index (χ1) is 13.4. The number of aromatic nitrogens is 1. The Bertz CT molecular complexity index is 1180. The smallest absolute Gasteiger partial charge is 0.252 e. The van der Waals surface area contributed by atoms with Gasteiger partial charge in [0.05, 0.1) is 22.5 Å². The van der Waals surface area contributed by atoms with Crippen LogP contribution in [0.1, 0.15) is 32.9 Å². The number of carbonyl (C=O) groups is 1. The molecule has 2 heterocycles. The van der Waals surface area contributed by atoms with E-state index in [2.05, 4.69) is 17.5 Å². The third kappa shape index (κ3) is 3.86. The highest BCUT2D eigenvalue weighted by Gasteiger charge is 2.26. The van der Waals surface area contributed by atoms with Crippen LogP contribution in [0.3, 0.4) is 0 Å². The number of benzene rings is 1. The number of hydrogen-bond donors (Lipinski definition) is 1. The molecule has 2 aromatic heterocycles. The lowest BCUT2D eigenvalue weighted by atomic mass is 10.00. The van der Waals surface area contributed by atoms with Gasteiger partial charge in [0, 0.05) is 23.1 Å². The molecule has 1 N–H and O–H groups in total. The molecule has 0 saturated carbocycles. The van der Waals surface area contributed by atoms with E-state index in [1.807, 2.05) is 35.7 Å². The van der Waals surface area contributed by atoms with Gasteiger partial charge in [-0.2, -0.15) is 0 Å². The molecule has 0 aliphatic heterocycles. The van der Waals surface area contributed by atoms with Crippen LogP contribution in [0.2, 0.25) is 0 Å². The zero-order valence-corrected chi connectivity index (χ0v) is 17.1. The minimum Gasteiger partial charge on any atom is -0.351 e. The highest BCUT2D eigenvalue weighted by atomic mass is 32.2. The van der Waals surface area contributed by atoms with Crippen molar-refractivity contribution in [3.63, 3.8) is 0 Å². The molecule has 0 radical (unpaired) electrons. The molecule has 1 aromatic carbocycles. The maximum absolute atomic E-state index is 13.0. The van der Waals surface area contributed by atoms with E-state index in [0.29, 0.717) is 5.56 Å². The predicted molar refractivity (Wildman–Crippen MR) is 114 cm³/mol. The zero-order chi connectivity index (χ0) is 19.7. The summed E-state index contributed by atoms with van der Waals surface area (Å²) in [5, 5.41) is 5.61. The van der Waals surface area contributed by atoms with Gasteiger partial charge in [-0.1, -0.05) is 24.3 Å². The van der Waals surface area contributed by atoms with Crippen LogP contribution >= 0.6 is 11.3 Å². The molecule has 5 nitrogen and oxygen atoms in total. The van der Waals surface area contributed by atoms with Crippen molar-refractivity contribution in [1.82, 2.24) is 10.3 Å². The van der Waals surface area contributed by atoms with Gasteiger partial charge in [-0.3, -0.25) is 4.79 Å². The number of allylic oxidation sites excluding steroid dienone is 1. The van der Waals surface area contributed by atoms with Crippen LogP contribution in [0.25, 0.3) is 22.6 Å². The first-order valence-electron chi connectivity index (χ1n) is 9.04. The van der Waals surface area contributed by atoms with Crippen LogP contribution in [-0.4, -0.2) is 37.9 Å². The summed E-state index contributed by atoms with van der Waals surface area (Å²) >= 11 is 1.67.